The molecule has 0 aliphatic carbocycles. The number of halogens is 3. The van der Waals surface area contributed by atoms with Crippen molar-refractivity contribution in [2.24, 2.45) is 0 Å². The molecule has 0 spiro atoms. The van der Waals surface area contributed by atoms with E-state index >= 15 is 0 Å². The lowest BCUT2D eigenvalue weighted by Crippen LogP contribution is -1.99. The van der Waals surface area contributed by atoms with E-state index in [9.17, 15) is 0 Å². The van der Waals surface area contributed by atoms with Crippen LogP contribution in [-0.4, -0.2) is 4.98 Å². The topological polar surface area (TPSA) is 50.9 Å². The zero-order valence-corrected chi connectivity index (χ0v) is 11.6. The van der Waals surface area contributed by atoms with Gasteiger partial charge < -0.3 is 11.1 Å². The van der Waals surface area contributed by atoms with E-state index in [-0.39, 0.29) is 0 Å². The van der Waals surface area contributed by atoms with Gasteiger partial charge >= 0.3 is 0 Å². The first-order valence-corrected chi connectivity index (χ1v) is 6.24. The van der Waals surface area contributed by atoms with Crippen LogP contribution in [0.2, 0.25) is 10.0 Å². The first kappa shape index (κ1) is 12.5. The SMILES string of the molecule is Nc1cncc(Br)c1Nc1c(Cl)cccc1Cl. The molecule has 0 atom stereocenters. The summed E-state index contributed by atoms with van der Waals surface area (Å²) in [4.78, 5) is 3.95. The molecule has 2 aromatic rings. The highest BCUT2D eigenvalue weighted by atomic mass is 79.9. The van der Waals surface area contributed by atoms with Crippen molar-refractivity contribution in [2.45, 2.75) is 0 Å². The Hall–Kier alpha value is -0.970. The van der Waals surface area contributed by atoms with E-state index in [0.29, 0.717) is 27.1 Å². The fraction of sp³-hybridized carbons (Fsp3) is 0. The van der Waals surface area contributed by atoms with Crippen LogP contribution in [0.25, 0.3) is 0 Å². The molecule has 0 aliphatic heterocycles. The van der Waals surface area contributed by atoms with Crippen LogP contribution in [0, 0.1) is 0 Å². The second kappa shape index (κ2) is 5.12. The number of para-hydroxylation sites is 1. The van der Waals surface area contributed by atoms with Crippen LogP contribution >= 0.6 is 39.1 Å². The number of pyridine rings is 1. The molecule has 1 aromatic heterocycles. The molecular weight excluding hydrogens is 325 g/mol. The second-order valence-corrected chi connectivity index (χ2v) is 4.98. The minimum atomic E-state index is 0.510. The van der Waals surface area contributed by atoms with Gasteiger partial charge in [0.1, 0.15) is 0 Å². The molecule has 88 valence electrons. The van der Waals surface area contributed by atoms with Crippen molar-refractivity contribution in [3.63, 3.8) is 0 Å². The zero-order chi connectivity index (χ0) is 12.4. The molecule has 1 aromatic carbocycles. The number of aromatic nitrogens is 1. The summed E-state index contributed by atoms with van der Waals surface area (Å²) in [5.41, 5.74) is 7.65. The molecule has 0 saturated heterocycles. The Bertz CT molecular complexity index is 470. The predicted octanol–water partition coefficient (Wildman–Crippen LogP) is 4.48. The predicted molar refractivity (Wildman–Crippen MR) is 76.1 cm³/mol. The minimum Gasteiger partial charge on any atom is -0.396 e. The van der Waals surface area contributed by atoms with E-state index < -0.39 is 0 Å². The average Bonchev–Trinajstić information content (AvgIpc) is 2.27. The molecule has 0 aliphatic rings. The van der Waals surface area contributed by atoms with Crippen molar-refractivity contribution < 1.29 is 0 Å². The van der Waals surface area contributed by atoms with Gasteiger partial charge in [-0.15, -0.1) is 0 Å². The number of hydrogen-bond acceptors (Lipinski definition) is 3. The molecule has 0 radical (unpaired) electrons. The highest BCUT2D eigenvalue weighted by Crippen LogP contribution is 2.36. The van der Waals surface area contributed by atoms with Gasteiger partial charge in [0.2, 0.25) is 0 Å². The van der Waals surface area contributed by atoms with E-state index in [1.54, 1.807) is 30.6 Å². The average molecular weight is 333 g/mol. The Morgan fingerprint density at radius 2 is 1.76 bits per heavy atom. The Morgan fingerprint density at radius 3 is 2.35 bits per heavy atom. The Balaban J connectivity index is 2.45. The third kappa shape index (κ3) is 2.65. The van der Waals surface area contributed by atoms with Crippen molar-refractivity contribution in [3.8, 4) is 0 Å². The summed E-state index contributed by atoms with van der Waals surface area (Å²) in [7, 11) is 0. The number of benzene rings is 1. The van der Waals surface area contributed by atoms with Crippen molar-refractivity contribution in [2.75, 3.05) is 11.1 Å². The summed E-state index contributed by atoms with van der Waals surface area (Å²) in [6, 6.07) is 5.28. The van der Waals surface area contributed by atoms with Gasteiger partial charge in [0, 0.05) is 6.20 Å². The van der Waals surface area contributed by atoms with Gasteiger partial charge in [0.15, 0.2) is 0 Å². The fourth-order valence-electron chi connectivity index (χ4n) is 1.32. The van der Waals surface area contributed by atoms with Crippen molar-refractivity contribution >= 4 is 56.2 Å². The first-order chi connectivity index (χ1) is 8.09. The Labute approximate surface area is 117 Å². The van der Waals surface area contributed by atoms with Crippen LogP contribution < -0.4 is 11.1 Å². The molecule has 6 heteroatoms. The van der Waals surface area contributed by atoms with Gasteiger partial charge in [-0.05, 0) is 28.1 Å². The van der Waals surface area contributed by atoms with Gasteiger partial charge in [-0.25, -0.2) is 0 Å². The molecule has 0 unspecified atom stereocenters. The quantitative estimate of drug-likeness (QED) is 0.852. The highest BCUT2D eigenvalue weighted by Gasteiger charge is 2.10. The van der Waals surface area contributed by atoms with E-state index in [4.69, 9.17) is 28.9 Å². The molecule has 3 N–H and O–H groups in total. The van der Waals surface area contributed by atoms with Gasteiger partial charge in [-0.1, -0.05) is 29.3 Å². The lowest BCUT2D eigenvalue weighted by atomic mass is 10.3. The maximum Gasteiger partial charge on any atom is 0.0794 e. The molecule has 17 heavy (non-hydrogen) atoms. The largest absolute Gasteiger partial charge is 0.396 e. The van der Waals surface area contributed by atoms with Gasteiger partial charge in [0.25, 0.3) is 0 Å². The first-order valence-electron chi connectivity index (χ1n) is 4.69. The molecule has 0 fully saturated rings. The molecule has 0 amide bonds. The normalized spacial score (nSPS) is 10.3. The van der Waals surface area contributed by atoms with Gasteiger partial charge in [-0.3, -0.25) is 4.98 Å². The number of hydrogen-bond donors (Lipinski definition) is 2. The number of rotatable bonds is 2. The monoisotopic (exact) mass is 331 g/mol. The smallest absolute Gasteiger partial charge is 0.0794 e. The van der Waals surface area contributed by atoms with Gasteiger partial charge in [-0.2, -0.15) is 0 Å². The summed E-state index contributed by atoms with van der Waals surface area (Å²) in [5, 5.41) is 4.16. The van der Waals surface area contributed by atoms with Crippen LogP contribution in [0.4, 0.5) is 17.1 Å². The second-order valence-electron chi connectivity index (χ2n) is 3.31. The van der Waals surface area contributed by atoms with Crippen LogP contribution in [0.3, 0.4) is 0 Å². The number of nitrogens with one attached hydrogen (secondary N) is 1. The van der Waals surface area contributed by atoms with Crippen LogP contribution in [0.15, 0.2) is 35.1 Å². The van der Waals surface area contributed by atoms with Crippen molar-refractivity contribution in [1.82, 2.24) is 4.98 Å². The van der Waals surface area contributed by atoms with Crippen molar-refractivity contribution in [1.29, 1.82) is 0 Å². The number of anilines is 3. The number of nitrogen functional groups attached to an aromatic ring is 1. The zero-order valence-electron chi connectivity index (χ0n) is 8.55. The Kier molecular flexibility index (Phi) is 3.76. The van der Waals surface area contributed by atoms with E-state index in [1.807, 2.05) is 0 Å². The summed E-state index contributed by atoms with van der Waals surface area (Å²) in [6.07, 6.45) is 3.20. The molecule has 2 rings (SSSR count). The lowest BCUT2D eigenvalue weighted by Gasteiger charge is -2.13. The summed E-state index contributed by atoms with van der Waals surface area (Å²) >= 11 is 15.5. The lowest BCUT2D eigenvalue weighted by molar-refractivity contribution is 1.31. The maximum absolute atomic E-state index is 6.07. The van der Waals surface area contributed by atoms with Crippen molar-refractivity contribution in [3.05, 3.63) is 45.1 Å². The third-order valence-electron chi connectivity index (χ3n) is 2.14. The third-order valence-corrected chi connectivity index (χ3v) is 3.37. The molecule has 0 saturated carbocycles. The fourth-order valence-corrected chi connectivity index (χ4v) is 2.26. The standard InChI is InChI=1S/C11H8BrCl2N3/c12-6-4-16-5-9(15)10(6)17-11-7(13)2-1-3-8(11)14/h1-5H,15H2,(H,16,17). The molecule has 0 bridgehead atoms. The summed E-state index contributed by atoms with van der Waals surface area (Å²) in [6.45, 7) is 0. The van der Waals surface area contributed by atoms with Crippen LogP contribution in [0.5, 0.6) is 0 Å². The molecule has 1 heterocycles. The minimum absolute atomic E-state index is 0.510. The summed E-state index contributed by atoms with van der Waals surface area (Å²) < 4.78 is 0.744. The van der Waals surface area contributed by atoms with Gasteiger partial charge in [0.05, 0.1) is 37.8 Å². The van der Waals surface area contributed by atoms with Crippen LogP contribution in [-0.2, 0) is 0 Å². The Morgan fingerprint density at radius 1 is 1.12 bits per heavy atom. The summed E-state index contributed by atoms with van der Waals surface area (Å²) in [5.74, 6) is 0. The molecular formula is C11H8BrCl2N3. The number of nitrogens with zero attached hydrogens (tertiary/aromatic N) is 1. The van der Waals surface area contributed by atoms with E-state index in [2.05, 4.69) is 26.2 Å². The highest BCUT2D eigenvalue weighted by molar-refractivity contribution is 9.10. The molecule has 3 nitrogen and oxygen atoms in total. The van der Waals surface area contributed by atoms with E-state index in [1.165, 1.54) is 0 Å². The maximum atomic E-state index is 6.07. The number of nitrogens with two attached hydrogens (primary N) is 1. The van der Waals surface area contributed by atoms with E-state index in [0.717, 1.165) is 4.47 Å². The van der Waals surface area contributed by atoms with Crippen LogP contribution in [0.1, 0.15) is 0 Å².